The van der Waals surface area contributed by atoms with Gasteiger partial charge in [-0.05, 0) is 51.5 Å². The van der Waals surface area contributed by atoms with Crippen molar-refractivity contribution in [3.63, 3.8) is 0 Å². The number of ether oxygens (including phenoxy) is 1. The van der Waals surface area contributed by atoms with Crippen LogP contribution in [0.25, 0.3) is 0 Å². The molecule has 0 unspecified atom stereocenters. The van der Waals surface area contributed by atoms with Crippen molar-refractivity contribution in [2.45, 2.75) is 40.3 Å². The molecule has 0 radical (unpaired) electrons. The van der Waals surface area contributed by atoms with Crippen molar-refractivity contribution in [2.24, 2.45) is 0 Å². The highest BCUT2D eigenvalue weighted by molar-refractivity contribution is 5.94. The Morgan fingerprint density at radius 1 is 1.21 bits per heavy atom. The fourth-order valence-corrected chi connectivity index (χ4v) is 2.45. The number of hydrogen-bond acceptors (Lipinski definition) is 4. The first kappa shape index (κ1) is 17.9. The van der Waals surface area contributed by atoms with Gasteiger partial charge in [0.25, 0.3) is 0 Å². The van der Waals surface area contributed by atoms with Crippen molar-refractivity contribution >= 4 is 11.6 Å². The maximum atomic E-state index is 12.3. The molecule has 24 heavy (non-hydrogen) atoms. The van der Waals surface area contributed by atoms with E-state index < -0.39 is 0 Å². The van der Waals surface area contributed by atoms with Crippen LogP contribution in [-0.4, -0.2) is 24.0 Å². The first-order valence-electron chi connectivity index (χ1n) is 8.02. The molecule has 5 heteroatoms. The number of aryl methyl sites for hydroxylation is 3. The summed E-state index contributed by atoms with van der Waals surface area (Å²) < 4.78 is 5.35. The van der Waals surface area contributed by atoms with Crippen LogP contribution in [0.15, 0.2) is 30.3 Å². The second kappa shape index (κ2) is 7.93. The van der Waals surface area contributed by atoms with Crippen molar-refractivity contribution < 1.29 is 9.53 Å². The van der Waals surface area contributed by atoms with Gasteiger partial charge in [-0.25, -0.2) is 4.98 Å². The monoisotopic (exact) mass is 327 g/mol. The largest absolute Gasteiger partial charge is 0.481 e. The van der Waals surface area contributed by atoms with Crippen LogP contribution in [0.5, 0.6) is 5.88 Å². The maximum Gasteiger partial charge on any atom is 0.241 e. The van der Waals surface area contributed by atoms with Gasteiger partial charge in [-0.1, -0.05) is 17.7 Å². The van der Waals surface area contributed by atoms with Gasteiger partial charge >= 0.3 is 0 Å². The first-order valence-corrected chi connectivity index (χ1v) is 8.02. The summed E-state index contributed by atoms with van der Waals surface area (Å²) in [4.78, 5) is 16.7. The van der Waals surface area contributed by atoms with Crippen molar-refractivity contribution in [1.29, 1.82) is 0 Å². The minimum atomic E-state index is -0.336. The number of hydrogen-bond donors (Lipinski definition) is 2. The molecule has 0 aliphatic carbocycles. The fourth-order valence-electron chi connectivity index (χ4n) is 2.45. The Balaban J connectivity index is 1.98. The van der Waals surface area contributed by atoms with Crippen molar-refractivity contribution in [3.05, 3.63) is 52.7 Å². The van der Waals surface area contributed by atoms with Gasteiger partial charge in [0, 0.05) is 23.5 Å². The van der Waals surface area contributed by atoms with Gasteiger partial charge in [-0.15, -0.1) is 0 Å². The molecule has 1 aromatic heterocycles. The molecule has 1 amide bonds. The third kappa shape index (κ3) is 4.55. The average Bonchev–Trinajstić information content (AvgIpc) is 2.55. The van der Waals surface area contributed by atoms with E-state index in [1.165, 1.54) is 0 Å². The van der Waals surface area contributed by atoms with E-state index in [-0.39, 0.29) is 11.9 Å². The predicted molar refractivity (Wildman–Crippen MR) is 96.4 cm³/mol. The lowest BCUT2D eigenvalue weighted by molar-refractivity contribution is -0.117. The van der Waals surface area contributed by atoms with Crippen LogP contribution in [-0.2, 0) is 11.3 Å². The minimum absolute atomic E-state index is 0.0736. The molecule has 2 rings (SSSR count). The van der Waals surface area contributed by atoms with E-state index >= 15 is 0 Å². The number of benzene rings is 1. The van der Waals surface area contributed by atoms with Gasteiger partial charge in [0.1, 0.15) is 0 Å². The molecule has 0 spiro atoms. The van der Waals surface area contributed by atoms with Gasteiger partial charge in [-0.3, -0.25) is 4.79 Å². The molecule has 1 atom stereocenters. The molecular weight excluding hydrogens is 302 g/mol. The Morgan fingerprint density at radius 2 is 1.88 bits per heavy atom. The summed E-state index contributed by atoms with van der Waals surface area (Å²) in [5, 5.41) is 6.14. The lowest BCUT2D eigenvalue weighted by atomic mass is 10.1. The molecular formula is C19H25N3O2. The van der Waals surface area contributed by atoms with Crippen molar-refractivity contribution in [1.82, 2.24) is 10.3 Å². The van der Waals surface area contributed by atoms with E-state index in [4.69, 9.17) is 4.74 Å². The number of nitrogens with zero attached hydrogens (tertiary/aromatic N) is 1. The molecule has 0 saturated carbocycles. The number of carbonyl (C=O) groups excluding carboxylic acids is 1. The van der Waals surface area contributed by atoms with Crippen LogP contribution in [0.1, 0.15) is 29.3 Å². The fraction of sp³-hybridized carbons (Fsp3) is 0.368. The van der Waals surface area contributed by atoms with Gasteiger partial charge in [0.15, 0.2) is 0 Å². The third-order valence-corrected chi connectivity index (χ3v) is 3.93. The zero-order valence-corrected chi connectivity index (χ0v) is 14.9. The van der Waals surface area contributed by atoms with Gasteiger partial charge in [0.2, 0.25) is 11.8 Å². The third-order valence-electron chi connectivity index (χ3n) is 3.93. The molecule has 0 aliphatic heterocycles. The number of aromatic nitrogens is 1. The number of amides is 1. The summed E-state index contributed by atoms with van der Waals surface area (Å²) in [5.41, 5.74) is 4.94. The first-order chi connectivity index (χ1) is 11.4. The molecule has 1 heterocycles. The Morgan fingerprint density at radius 3 is 2.50 bits per heavy atom. The van der Waals surface area contributed by atoms with Gasteiger partial charge in [-0.2, -0.15) is 0 Å². The summed E-state index contributed by atoms with van der Waals surface area (Å²) in [5.74, 6) is 0.529. The van der Waals surface area contributed by atoms with Crippen LogP contribution in [0, 0.1) is 20.8 Å². The lowest BCUT2D eigenvalue weighted by Crippen LogP contribution is -2.37. The molecule has 128 valence electrons. The highest BCUT2D eigenvalue weighted by Gasteiger charge is 2.15. The second-order valence-corrected chi connectivity index (χ2v) is 6.03. The summed E-state index contributed by atoms with van der Waals surface area (Å²) >= 11 is 0. The zero-order chi connectivity index (χ0) is 17.7. The number of methoxy groups -OCH3 is 1. The van der Waals surface area contributed by atoms with E-state index in [1.807, 2.05) is 58.0 Å². The summed E-state index contributed by atoms with van der Waals surface area (Å²) in [6.07, 6.45) is 0. The molecule has 5 nitrogen and oxygen atoms in total. The van der Waals surface area contributed by atoms with Crippen molar-refractivity contribution in [2.75, 3.05) is 12.4 Å². The zero-order valence-electron chi connectivity index (χ0n) is 14.9. The van der Waals surface area contributed by atoms with E-state index in [2.05, 4.69) is 15.6 Å². The summed E-state index contributed by atoms with van der Waals surface area (Å²) in [6.45, 7) is 8.33. The Labute approximate surface area is 143 Å². The van der Waals surface area contributed by atoms with E-state index in [0.29, 0.717) is 12.4 Å². The molecule has 0 bridgehead atoms. The number of rotatable bonds is 6. The quantitative estimate of drug-likeness (QED) is 0.855. The van der Waals surface area contributed by atoms with Crippen LogP contribution in [0.4, 0.5) is 5.69 Å². The van der Waals surface area contributed by atoms with Gasteiger partial charge < -0.3 is 15.4 Å². The maximum absolute atomic E-state index is 12.3. The standard InChI is InChI=1S/C19H25N3O2/c1-12-6-8-16(9-7-12)22-18(23)15(4)20-11-17-13(2)10-14(3)21-19(17)24-5/h6-10,15,20H,11H2,1-5H3,(H,22,23)/t15-/m1/s1. The predicted octanol–water partition coefficient (Wildman–Crippen LogP) is 3.13. The molecule has 0 saturated heterocycles. The number of nitrogens with one attached hydrogen (secondary N) is 2. The van der Waals surface area contributed by atoms with Crippen LogP contribution in [0.2, 0.25) is 0 Å². The van der Waals surface area contributed by atoms with E-state index in [1.54, 1.807) is 7.11 Å². The number of carbonyl (C=O) groups is 1. The van der Waals surface area contributed by atoms with Crippen LogP contribution in [0.3, 0.4) is 0 Å². The second-order valence-electron chi connectivity index (χ2n) is 6.03. The number of pyridine rings is 1. The highest BCUT2D eigenvalue weighted by Crippen LogP contribution is 2.20. The van der Waals surface area contributed by atoms with Crippen molar-refractivity contribution in [3.8, 4) is 5.88 Å². The molecule has 0 fully saturated rings. The molecule has 2 aromatic rings. The Hall–Kier alpha value is -2.40. The summed E-state index contributed by atoms with van der Waals surface area (Å²) in [6, 6.07) is 9.42. The van der Waals surface area contributed by atoms with E-state index in [9.17, 15) is 4.79 Å². The molecule has 1 aromatic carbocycles. The molecule has 0 aliphatic rings. The SMILES string of the molecule is COc1nc(C)cc(C)c1CN[C@H](C)C(=O)Nc1ccc(C)cc1. The normalized spacial score (nSPS) is 11.9. The minimum Gasteiger partial charge on any atom is -0.481 e. The van der Waals surface area contributed by atoms with Gasteiger partial charge in [0.05, 0.1) is 13.2 Å². The topological polar surface area (TPSA) is 63.2 Å². The van der Waals surface area contributed by atoms with Crippen LogP contribution >= 0.6 is 0 Å². The van der Waals surface area contributed by atoms with Crippen LogP contribution < -0.4 is 15.4 Å². The lowest BCUT2D eigenvalue weighted by Gasteiger charge is -2.17. The Bertz CT molecular complexity index is 711. The highest BCUT2D eigenvalue weighted by atomic mass is 16.5. The summed E-state index contributed by atoms with van der Waals surface area (Å²) in [7, 11) is 1.61. The molecule has 2 N–H and O–H groups in total. The van der Waals surface area contributed by atoms with E-state index in [0.717, 1.165) is 28.1 Å². The Kier molecular flexibility index (Phi) is 5.93. The number of anilines is 1. The average molecular weight is 327 g/mol. The smallest absolute Gasteiger partial charge is 0.241 e.